The Morgan fingerprint density at radius 2 is 1.67 bits per heavy atom. The summed E-state index contributed by atoms with van der Waals surface area (Å²) in [6, 6.07) is 14.3. The maximum atomic E-state index is 12.9. The normalized spacial score (nSPS) is 14.7. The van der Waals surface area contributed by atoms with Crippen molar-refractivity contribution in [2.45, 2.75) is 31.1 Å². The van der Waals surface area contributed by atoms with Crippen LogP contribution in [0.4, 0.5) is 5.69 Å². The molecule has 0 spiro atoms. The third-order valence-corrected chi connectivity index (χ3v) is 6.12. The Morgan fingerprint density at radius 1 is 1.00 bits per heavy atom. The van der Waals surface area contributed by atoms with Gasteiger partial charge in [0.05, 0.1) is 17.6 Å². The third-order valence-electron chi connectivity index (χ3n) is 5.17. The Balaban J connectivity index is 1.51. The highest BCUT2D eigenvalue weighted by atomic mass is 79.9. The van der Waals surface area contributed by atoms with E-state index < -0.39 is 23.9 Å². The molecule has 0 radical (unpaired) electrons. The summed E-state index contributed by atoms with van der Waals surface area (Å²) in [7, 11) is 0. The zero-order valence-electron chi connectivity index (χ0n) is 16.3. The number of rotatable bonds is 7. The summed E-state index contributed by atoms with van der Waals surface area (Å²) in [6.45, 7) is -0.656. The lowest BCUT2D eigenvalue weighted by Gasteiger charge is -2.27. The van der Waals surface area contributed by atoms with E-state index in [1.807, 2.05) is 18.2 Å². The number of para-hydroxylation sites is 1. The molecule has 1 aliphatic carbocycles. The minimum Gasteiger partial charge on any atom is -0.455 e. The number of hydrogen-bond donors (Lipinski definition) is 2. The van der Waals surface area contributed by atoms with Crippen LogP contribution in [0.3, 0.4) is 0 Å². The fourth-order valence-electron chi connectivity index (χ4n) is 3.61. The van der Waals surface area contributed by atoms with Gasteiger partial charge in [0.2, 0.25) is 5.91 Å². The fourth-order valence-corrected chi connectivity index (χ4v) is 4.12. The molecule has 2 amide bonds. The third kappa shape index (κ3) is 5.40. The molecule has 6 nitrogen and oxygen atoms in total. The Morgan fingerprint density at radius 3 is 2.33 bits per heavy atom. The van der Waals surface area contributed by atoms with Crippen molar-refractivity contribution >= 4 is 51.0 Å². The number of benzene rings is 2. The van der Waals surface area contributed by atoms with Crippen molar-refractivity contribution in [1.29, 1.82) is 0 Å². The van der Waals surface area contributed by atoms with Crippen molar-refractivity contribution in [2.75, 3.05) is 18.5 Å². The molecule has 0 atom stereocenters. The van der Waals surface area contributed by atoms with Crippen LogP contribution in [-0.4, -0.2) is 30.9 Å². The molecule has 158 valence electrons. The molecule has 0 heterocycles. The molecule has 1 fully saturated rings. The van der Waals surface area contributed by atoms with E-state index in [1.54, 1.807) is 30.3 Å². The van der Waals surface area contributed by atoms with Crippen molar-refractivity contribution in [1.82, 2.24) is 5.32 Å². The van der Waals surface area contributed by atoms with Gasteiger partial charge in [-0.1, -0.05) is 48.7 Å². The molecule has 1 saturated carbocycles. The Bertz CT molecular complexity index is 927. The van der Waals surface area contributed by atoms with E-state index in [4.69, 9.17) is 16.3 Å². The smallest absolute Gasteiger partial charge is 0.317 e. The van der Waals surface area contributed by atoms with Crippen LogP contribution in [-0.2, 0) is 24.5 Å². The minimum absolute atomic E-state index is 0.222. The summed E-state index contributed by atoms with van der Waals surface area (Å²) in [6.07, 6.45) is 3.17. The highest BCUT2D eigenvalue weighted by Crippen LogP contribution is 2.42. The van der Waals surface area contributed by atoms with Crippen molar-refractivity contribution in [3.05, 3.63) is 63.6 Å². The van der Waals surface area contributed by atoms with E-state index in [2.05, 4.69) is 26.6 Å². The second-order valence-electron chi connectivity index (χ2n) is 7.18. The standard InChI is InChI=1S/C22H22BrClN2O4/c23-17-5-1-2-6-18(17)26-19(27)13-25-20(28)14-30-21(29)22(11-3-4-12-22)15-7-9-16(24)10-8-15/h1-2,5-10H,3-4,11-14H2,(H,25,28)(H,26,27). The van der Waals surface area contributed by atoms with E-state index in [0.717, 1.165) is 22.9 Å². The van der Waals surface area contributed by atoms with Gasteiger partial charge in [0.25, 0.3) is 5.91 Å². The minimum atomic E-state index is -0.748. The van der Waals surface area contributed by atoms with Crippen LogP contribution in [0.5, 0.6) is 0 Å². The van der Waals surface area contributed by atoms with E-state index in [0.29, 0.717) is 23.6 Å². The van der Waals surface area contributed by atoms with Gasteiger partial charge >= 0.3 is 5.97 Å². The van der Waals surface area contributed by atoms with Crippen LogP contribution in [0, 0.1) is 0 Å². The zero-order valence-corrected chi connectivity index (χ0v) is 18.6. The maximum absolute atomic E-state index is 12.9. The summed E-state index contributed by atoms with van der Waals surface area (Å²) < 4.78 is 6.06. The molecule has 30 heavy (non-hydrogen) atoms. The van der Waals surface area contributed by atoms with Gasteiger partial charge in [-0.05, 0) is 58.6 Å². The SMILES string of the molecule is O=C(COC(=O)C1(c2ccc(Cl)cc2)CCCC1)NCC(=O)Nc1ccccc1Br. The average Bonchev–Trinajstić information content (AvgIpc) is 3.24. The van der Waals surface area contributed by atoms with Crippen LogP contribution < -0.4 is 10.6 Å². The van der Waals surface area contributed by atoms with Gasteiger partial charge in [-0.3, -0.25) is 14.4 Å². The predicted molar refractivity (Wildman–Crippen MR) is 118 cm³/mol. The van der Waals surface area contributed by atoms with Crippen molar-refractivity contribution in [3.8, 4) is 0 Å². The monoisotopic (exact) mass is 492 g/mol. The van der Waals surface area contributed by atoms with Gasteiger partial charge in [0, 0.05) is 9.50 Å². The van der Waals surface area contributed by atoms with Crippen LogP contribution in [0.15, 0.2) is 53.0 Å². The zero-order chi connectivity index (χ0) is 21.6. The van der Waals surface area contributed by atoms with Crippen molar-refractivity contribution < 1.29 is 19.1 Å². The Labute approximate surface area is 188 Å². The number of hydrogen-bond acceptors (Lipinski definition) is 4. The highest BCUT2D eigenvalue weighted by molar-refractivity contribution is 9.10. The first-order chi connectivity index (χ1) is 14.4. The molecule has 3 rings (SSSR count). The Kier molecular flexibility index (Phi) is 7.50. The summed E-state index contributed by atoms with van der Waals surface area (Å²) >= 11 is 9.30. The number of esters is 1. The number of ether oxygens (including phenoxy) is 1. The molecule has 2 N–H and O–H groups in total. The van der Waals surface area contributed by atoms with Crippen LogP contribution in [0.25, 0.3) is 0 Å². The number of carbonyl (C=O) groups excluding carboxylic acids is 3. The molecule has 0 unspecified atom stereocenters. The summed E-state index contributed by atoms with van der Waals surface area (Å²) in [5, 5.41) is 5.75. The van der Waals surface area contributed by atoms with Crippen LogP contribution in [0.1, 0.15) is 31.2 Å². The van der Waals surface area contributed by atoms with Crippen LogP contribution in [0.2, 0.25) is 5.02 Å². The molecular formula is C22H22BrClN2O4. The summed E-state index contributed by atoms with van der Waals surface area (Å²) in [5.74, 6) is -1.33. The summed E-state index contributed by atoms with van der Waals surface area (Å²) in [4.78, 5) is 36.9. The second-order valence-corrected chi connectivity index (χ2v) is 8.47. The van der Waals surface area contributed by atoms with Gasteiger partial charge in [-0.15, -0.1) is 0 Å². The van der Waals surface area contributed by atoms with Crippen molar-refractivity contribution in [3.63, 3.8) is 0 Å². The molecule has 8 heteroatoms. The number of carbonyl (C=O) groups is 3. The molecule has 0 aromatic heterocycles. The lowest BCUT2D eigenvalue weighted by molar-refractivity contribution is -0.154. The quantitative estimate of drug-likeness (QED) is 0.566. The van der Waals surface area contributed by atoms with Gasteiger partial charge < -0.3 is 15.4 Å². The average molecular weight is 494 g/mol. The summed E-state index contributed by atoms with van der Waals surface area (Å²) in [5.41, 5.74) is 0.707. The fraction of sp³-hybridized carbons (Fsp3) is 0.318. The van der Waals surface area contributed by atoms with Gasteiger partial charge in [0.1, 0.15) is 0 Å². The molecule has 0 bridgehead atoms. The number of halogens is 2. The lowest BCUT2D eigenvalue weighted by atomic mass is 9.79. The van der Waals surface area contributed by atoms with Gasteiger partial charge in [-0.25, -0.2) is 0 Å². The molecule has 0 saturated heterocycles. The van der Waals surface area contributed by atoms with E-state index >= 15 is 0 Å². The van der Waals surface area contributed by atoms with Gasteiger partial charge in [-0.2, -0.15) is 0 Å². The first-order valence-electron chi connectivity index (χ1n) is 9.65. The molecule has 0 aliphatic heterocycles. The van der Waals surface area contributed by atoms with Crippen LogP contribution >= 0.6 is 27.5 Å². The second kappa shape index (κ2) is 10.1. The predicted octanol–water partition coefficient (Wildman–Crippen LogP) is 4.21. The van der Waals surface area contributed by atoms with E-state index in [-0.39, 0.29) is 12.5 Å². The molecule has 1 aliphatic rings. The number of nitrogens with one attached hydrogen (secondary N) is 2. The number of amides is 2. The van der Waals surface area contributed by atoms with E-state index in [9.17, 15) is 14.4 Å². The van der Waals surface area contributed by atoms with E-state index in [1.165, 1.54) is 0 Å². The largest absolute Gasteiger partial charge is 0.455 e. The first-order valence-corrected chi connectivity index (χ1v) is 10.8. The molecular weight excluding hydrogens is 472 g/mol. The first kappa shape index (κ1) is 22.3. The maximum Gasteiger partial charge on any atom is 0.317 e. The number of anilines is 1. The molecule has 2 aromatic carbocycles. The van der Waals surface area contributed by atoms with Gasteiger partial charge in [0.15, 0.2) is 6.61 Å². The Hall–Kier alpha value is -2.38. The van der Waals surface area contributed by atoms with Crippen molar-refractivity contribution in [2.24, 2.45) is 0 Å². The lowest BCUT2D eigenvalue weighted by Crippen LogP contribution is -2.39. The topological polar surface area (TPSA) is 84.5 Å². The highest BCUT2D eigenvalue weighted by Gasteiger charge is 2.44. The molecule has 2 aromatic rings.